The second-order valence-electron chi connectivity index (χ2n) is 26.8. The maximum Gasteiger partial charge on any atom is 0.165 e. The number of hydrogen-bond donors (Lipinski definition) is 0. The molecule has 20 rings (SSSR count). The zero-order valence-corrected chi connectivity index (χ0v) is 58.8. The molecular weight excluding hydrogens is 1330 g/mol. The predicted molar refractivity (Wildman–Crippen MR) is 445 cm³/mol. The molecule has 0 radical (unpaired) electrons. The van der Waals surface area contributed by atoms with Crippen LogP contribution in [0.1, 0.15) is 0 Å². The molecule has 0 saturated heterocycles. The summed E-state index contributed by atoms with van der Waals surface area (Å²) in [5.41, 5.74) is 21.2. The third-order valence-electron chi connectivity index (χ3n) is 20.4. The number of nitrogens with zero attached hydrogens (tertiary/aromatic N) is 6. The zero-order valence-electron chi connectivity index (χ0n) is 57.1. The summed E-state index contributed by atoms with van der Waals surface area (Å²) in [6.45, 7) is 0. The molecule has 0 atom stereocenters. The standard InChI is InChI=1S/C98H60N6S2/c1-3-24-61(25-4-1)75-38-7-8-39-76(75)71-52-53-72-60-87(78-41-10-11-42-79(78)88(72)59-71)70-35-21-37-74(58-70)95-101-96(104-98(103-95)86-49-23-47-83-81-44-14-16-51-90(81)106-92(83)86)84-45-12-9-40-77(84)69-34-19-32-67(56-69)65-30-17-28-63(54-65)64-29-18-31-66(55-64)68-33-20-36-73(57-68)94-99-93(62-26-5-2-6-27-62)100-97(102-94)85-48-22-46-82-80-43-13-15-50-89(80)105-91(82)85/h1-60H. The highest BCUT2D eigenvalue weighted by molar-refractivity contribution is 7.26. The largest absolute Gasteiger partial charge is 0.208 e. The third-order valence-corrected chi connectivity index (χ3v) is 22.8. The van der Waals surface area contributed by atoms with Crippen molar-refractivity contribution in [3.8, 4) is 146 Å². The lowest BCUT2D eigenvalue weighted by Gasteiger charge is -2.15. The van der Waals surface area contributed by atoms with E-state index in [9.17, 15) is 0 Å². The molecule has 494 valence electrons. The predicted octanol–water partition coefficient (Wildman–Crippen LogP) is 26.8. The van der Waals surface area contributed by atoms with E-state index in [2.05, 4.69) is 346 Å². The van der Waals surface area contributed by atoms with E-state index in [4.69, 9.17) is 29.9 Å². The van der Waals surface area contributed by atoms with Crippen LogP contribution in [-0.2, 0) is 0 Å². The van der Waals surface area contributed by atoms with Crippen molar-refractivity contribution >= 4 is 84.6 Å². The first kappa shape index (κ1) is 62.3. The monoisotopic (exact) mass is 1380 g/mol. The molecule has 0 fully saturated rings. The number of hydrogen-bond acceptors (Lipinski definition) is 8. The van der Waals surface area contributed by atoms with E-state index in [0.29, 0.717) is 34.9 Å². The van der Waals surface area contributed by atoms with Crippen LogP contribution in [-0.4, -0.2) is 29.9 Å². The Kier molecular flexibility index (Phi) is 15.5. The van der Waals surface area contributed by atoms with Crippen molar-refractivity contribution in [2.24, 2.45) is 0 Å². The van der Waals surface area contributed by atoms with Gasteiger partial charge in [0, 0.05) is 73.7 Å². The molecule has 0 amide bonds. The van der Waals surface area contributed by atoms with Gasteiger partial charge in [0.15, 0.2) is 34.9 Å². The van der Waals surface area contributed by atoms with Crippen LogP contribution in [0, 0.1) is 0 Å². The maximum atomic E-state index is 5.52. The molecule has 6 nitrogen and oxygen atoms in total. The SMILES string of the molecule is c1ccc(-c2nc(-c3cccc(-c4cccc(-c5cccc(-c6cccc(-c7ccccc7-c7nc(-c8cccc(-c9cc%10ccc(-c%11ccccc%11-c%11ccccc%11)cc%10c%10ccccc9%10)c8)nc(-c8cccc9c8sc8ccccc89)n7)c6)c5)c4)c3)nc(-c3cccc4c3sc3ccccc34)n2)cc1. The zero-order chi connectivity index (χ0) is 70.0. The van der Waals surface area contributed by atoms with Gasteiger partial charge in [0.05, 0.1) is 0 Å². The lowest BCUT2D eigenvalue weighted by molar-refractivity contribution is 1.08. The van der Waals surface area contributed by atoms with Crippen LogP contribution in [0.15, 0.2) is 364 Å². The minimum Gasteiger partial charge on any atom is -0.208 e. The topological polar surface area (TPSA) is 77.3 Å². The van der Waals surface area contributed by atoms with E-state index in [1.165, 1.54) is 74.7 Å². The van der Waals surface area contributed by atoms with Crippen LogP contribution < -0.4 is 0 Å². The quantitative estimate of drug-likeness (QED) is 0.107. The first-order chi connectivity index (χ1) is 52.5. The molecular formula is C98H60N6S2. The molecule has 0 aliphatic rings. The second kappa shape index (κ2) is 26.4. The van der Waals surface area contributed by atoms with Crippen LogP contribution in [0.2, 0.25) is 0 Å². The molecule has 4 aromatic heterocycles. The fraction of sp³-hybridized carbons (Fsp3) is 0. The average molecular weight is 1390 g/mol. The van der Waals surface area contributed by atoms with Crippen LogP contribution >= 0.6 is 22.7 Å². The molecule has 0 N–H and O–H groups in total. The molecule has 4 heterocycles. The van der Waals surface area contributed by atoms with E-state index in [1.807, 2.05) is 18.2 Å². The highest BCUT2D eigenvalue weighted by Gasteiger charge is 2.23. The first-order valence-electron chi connectivity index (χ1n) is 35.6. The summed E-state index contributed by atoms with van der Waals surface area (Å²) < 4.78 is 4.75. The fourth-order valence-corrected chi connectivity index (χ4v) is 17.7. The molecule has 0 saturated carbocycles. The van der Waals surface area contributed by atoms with Gasteiger partial charge in [-0.15, -0.1) is 22.7 Å². The average Bonchev–Trinajstić information content (AvgIpc) is 1.17. The molecule has 0 aliphatic heterocycles. The Bertz CT molecular complexity index is 6860. The molecule has 0 spiro atoms. The van der Waals surface area contributed by atoms with Gasteiger partial charge in [-0.25, -0.2) is 29.9 Å². The lowest BCUT2D eigenvalue weighted by atomic mass is 9.89. The van der Waals surface area contributed by atoms with Crippen LogP contribution in [0.5, 0.6) is 0 Å². The smallest absolute Gasteiger partial charge is 0.165 e. The van der Waals surface area contributed by atoms with Crippen molar-refractivity contribution in [1.82, 2.24) is 29.9 Å². The number of rotatable bonds is 13. The van der Waals surface area contributed by atoms with Gasteiger partial charge in [-0.3, -0.25) is 0 Å². The lowest BCUT2D eigenvalue weighted by Crippen LogP contribution is -2.01. The number of benzene rings is 16. The highest BCUT2D eigenvalue weighted by Crippen LogP contribution is 2.45. The summed E-state index contributed by atoms with van der Waals surface area (Å²) in [6.07, 6.45) is 0. The Balaban J connectivity index is 0.646. The summed E-state index contributed by atoms with van der Waals surface area (Å²) in [4.78, 5) is 32.1. The van der Waals surface area contributed by atoms with Gasteiger partial charge in [0.1, 0.15) is 0 Å². The summed E-state index contributed by atoms with van der Waals surface area (Å²) in [7, 11) is 0. The van der Waals surface area contributed by atoms with Crippen molar-refractivity contribution < 1.29 is 0 Å². The van der Waals surface area contributed by atoms with Gasteiger partial charge in [0.2, 0.25) is 0 Å². The van der Waals surface area contributed by atoms with Crippen LogP contribution in [0.4, 0.5) is 0 Å². The van der Waals surface area contributed by atoms with Gasteiger partial charge in [0.25, 0.3) is 0 Å². The fourth-order valence-electron chi connectivity index (χ4n) is 15.3. The Morgan fingerprint density at radius 3 is 1.00 bits per heavy atom. The number of aromatic nitrogens is 6. The van der Waals surface area contributed by atoms with E-state index in [0.717, 1.165) is 98.4 Å². The Morgan fingerprint density at radius 2 is 0.462 bits per heavy atom. The molecule has 20 aromatic rings. The Hall–Kier alpha value is -13.5. The van der Waals surface area contributed by atoms with Gasteiger partial charge in [-0.05, 0) is 166 Å². The summed E-state index contributed by atoms with van der Waals surface area (Å²) in [5.74, 6) is 3.70. The Labute approximate surface area is 620 Å². The molecule has 0 bridgehead atoms. The van der Waals surface area contributed by atoms with E-state index < -0.39 is 0 Å². The van der Waals surface area contributed by atoms with Crippen molar-refractivity contribution in [3.63, 3.8) is 0 Å². The number of fused-ring (bicyclic) bond motifs is 9. The van der Waals surface area contributed by atoms with Gasteiger partial charge >= 0.3 is 0 Å². The second-order valence-corrected chi connectivity index (χ2v) is 28.9. The van der Waals surface area contributed by atoms with Crippen LogP contribution in [0.3, 0.4) is 0 Å². The third kappa shape index (κ3) is 11.4. The molecule has 0 aliphatic carbocycles. The molecule has 16 aromatic carbocycles. The summed E-state index contributed by atoms with van der Waals surface area (Å²) in [5, 5.41) is 9.58. The molecule has 8 heteroatoms. The normalized spacial score (nSPS) is 11.6. The minimum atomic E-state index is 0.591. The minimum absolute atomic E-state index is 0.591. The van der Waals surface area contributed by atoms with Crippen molar-refractivity contribution in [1.29, 1.82) is 0 Å². The molecule has 106 heavy (non-hydrogen) atoms. The molecule has 0 unspecified atom stereocenters. The highest BCUT2D eigenvalue weighted by atomic mass is 32.1. The van der Waals surface area contributed by atoms with Gasteiger partial charge in [-0.1, -0.05) is 297 Å². The van der Waals surface area contributed by atoms with E-state index >= 15 is 0 Å². The van der Waals surface area contributed by atoms with E-state index in [-0.39, 0.29) is 0 Å². The maximum absolute atomic E-state index is 5.52. The van der Waals surface area contributed by atoms with Gasteiger partial charge < -0.3 is 0 Å². The van der Waals surface area contributed by atoms with Crippen molar-refractivity contribution in [2.75, 3.05) is 0 Å². The van der Waals surface area contributed by atoms with Gasteiger partial charge in [-0.2, -0.15) is 0 Å². The summed E-state index contributed by atoms with van der Waals surface area (Å²) in [6, 6.07) is 130. The van der Waals surface area contributed by atoms with E-state index in [1.54, 1.807) is 22.7 Å². The summed E-state index contributed by atoms with van der Waals surface area (Å²) >= 11 is 3.56. The Morgan fingerprint density at radius 1 is 0.151 bits per heavy atom. The van der Waals surface area contributed by atoms with Crippen molar-refractivity contribution in [3.05, 3.63) is 364 Å². The van der Waals surface area contributed by atoms with Crippen LogP contribution in [0.25, 0.3) is 208 Å². The number of thiophene rings is 2. The van der Waals surface area contributed by atoms with Crippen molar-refractivity contribution in [2.45, 2.75) is 0 Å². The first-order valence-corrected chi connectivity index (χ1v) is 37.3.